The Morgan fingerprint density at radius 1 is 0.969 bits per heavy atom. The number of halogens is 2. The highest BCUT2D eigenvalue weighted by atomic mass is 19.2. The van der Waals surface area contributed by atoms with Crippen LogP contribution in [-0.4, -0.2) is 58.0 Å². The van der Waals surface area contributed by atoms with Crippen LogP contribution in [0.2, 0.25) is 0 Å². The highest BCUT2D eigenvalue weighted by Crippen LogP contribution is 2.24. The van der Waals surface area contributed by atoms with E-state index < -0.39 is 11.6 Å². The molecule has 0 radical (unpaired) electrons. The first-order chi connectivity index (χ1) is 15.5. The van der Waals surface area contributed by atoms with E-state index in [9.17, 15) is 8.78 Å². The lowest BCUT2D eigenvalue weighted by Gasteiger charge is -2.35. The molecular formula is C23H27F2N7. The Morgan fingerprint density at radius 2 is 1.75 bits per heavy atom. The summed E-state index contributed by atoms with van der Waals surface area (Å²) in [6, 6.07) is 6.86. The number of benzene rings is 1. The van der Waals surface area contributed by atoms with Crippen molar-refractivity contribution in [2.45, 2.75) is 31.3 Å². The molecule has 2 aliphatic heterocycles. The van der Waals surface area contributed by atoms with Gasteiger partial charge in [0.15, 0.2) is 11.6 Å². The van der Waals surface area contributed by atoms with Gasteiger partial charge in [0.05, 0.1) is 11.9 Å². The first kappa shape index (κ1) is 20.8. The minimum atomic E-state index is -0.800. The fourth-order valence-electron chi connectivity index (χ4n) is 4.61. The Morgan fingerprint density at radius 3 is 2.50 bits per heavy atom. The smallest absolute Gasteiger partial charge is 0.225 e. The third-order valence-corrected chi connectivity index (χ3v) is 6.35. The molecule has 0 aliphatic carbocycles. The van der Waals surface area contributed by atoms with Crippen molar-refractivity contribution in [1.82, 2.24) is 25.1 Å². The van der Waals surface area contributed by atoms with E-state index in [4.69, 9.17) is 4.98 Å². The van der Waals surface area contributed by atoms with Crippen LogP contribution in [0, 0.1) is 11.6 Å². The van der Waals surface area contributed by atoms with E-state index in [0.29, 0.717) is 12.1 Å². The van der Waals surface area contributed by atoms with Crippen LogP contribution in [-0.2, 0) is 7.05 Å². The lowest BCUT2D eigenvalue weighted by Crippen LogP contribution is -2.47. The van der Waals surface area contributed by atoms with E-state index >= 15 is 0 Å². The Kier molecular flexibility index (Phi) is 5.73. The van der Waals surface area contributed by atoms with E-state index in [1.807, 2.05) is 25.5 Å². The first-order valence-corrected chi connectivity index (χ1v) is 11.1. The van der Waals surface area contributed by atoms with E-state index in [0.717, 1.165) is 68.3 Å². The number of piperidine rings is 1. The Hall–Kier alpha value is -3.07. The van der Waals surface area contributed by atoms with Crippen molar-refractivity contribution in [2.75, 3.05) is 36.0 Å². The van der Waals surface area contributed by atoms with Gasteiger partial charge in [-0.05, 0) is 37.5 Å². The summed E-state index contributed by atoms with van der Waals surface area (Å²) in [7, 11) is 1.89. The minimum Gasteiger partial charge on any atom is -0.371 e. The highest BCUT2D eigenvalue weighted by molar-refractivity contribution is 5.58. The monoisotopic (exact) mass is 439 g/mol. The predicted molar refractivity (Wildman–Crippen MR) is 120 cm³/mol. The van der Waals surface area contributed by atoms with Crippen molar-refractivity contribution in [3.63, 3.8) is 0 Å². The fraction of sp³-hybridized carbons (Fsp3) is 0.435. The normalized spacial score (nSPS) is 19.7. The van der Waals surface area contributed by atoms with Crippen LogP contribution < -0.4 is 15.1 Å². The molecule has 4 heterocycles. The van der Waals surface area contributed by atoms with Gasteiger partial charge in [0, 0.05) is 75.0 Å². The van der Waals surface area contributed by atoms with E-state index in [2.05, 4.69) is 25.2 Å². The zero-order valence-corrected chi connectivity index (χ0v) is 18.1. The highest BCUT2D eigenvalue weighted by Gasteiger charge is 2.28. The molecular weight excluding hydrogens is 412 g/mol. The molecule has 168 valence electrons. The molecule has 7 nitrogen and oxygen atoms in total. The van der Waals surface area contributed by atoms with Crippen LogP contribution >= 0.6 is 0 Å². The molecule has 1 unspecified atom stereocenters. The molecule has 5 rings (SSSR count). The minimum absolute atomic E-state index is 0.389. The molecule has 9 heteroatoms. The van der Waals surface area contributed by atoms with Crippen LogP contribution in [0.3, 0.4) is 0 Å². The molecule has 3 aromatic rings. The van der Waals surface area contributed by atoms with Crippen molar-refractivity contribution >= 4 is 11.6 Å². The van der Waals surface area contributed by atoms with Crippen molar-refractivity contribution in [3.05, 3.63) is 54.5 Å². The summed E-state index contributed by atoms with van der Waals surface area (Å²) >= 11 is 0. The third kappa shape index (κ3) is 4.43. The topological polar surface area (TPSA) is 62.1 Å². The average molecular weight is 440 g/mol. The summed E-state index contributed by atoms with van der Waals surface area (Å²) in [6.45, 7) is 3.45. The van der Waals surface area contributed by atoms with Gasteiger partial charge in [0.25, 0.3) is 0 Å². The van der Waals surface area contributed by atoms with Crippen LogP contribution in [0.5, 0.6) is 0 Å². The molecule has 0 bridgehead atoms. The number of hydrogen-bond acceptors (Lipinski definition) is 6. The summed E-state index contributed by atoms with van der Waals surface area (Å²) in [5.41, 5.74) is 2.61. The number of aromatic nitrogens is 4. The largest absolute Gasteiger partial charge is 0.371 e. The van der Waals surface area contributed by atoms with Crippen LogP contribution in [0.4, 0.5) is 20.4 Å². The molecule has 2 aromatic heterocycles. The Bertz CT molecular complexity index is 1080. The van der Waals surface area contributed by atoms with Gasteiger partial charge in [-0.25, -0.2) is 18.7 Å². The Labute approximate surface area is 186 Å². The van der Waals surface area contributed by atoms with Crippen LogP contribution in [0.1, 0.15) is 19.3 Å². The molecule has 1 atom stereocenters. The molecule has 2 saturated heterocycles. The number of rotatable bonds is 5. The van der Waals surface area contributed by atoms with Crippen LogP contribution in [0.15, 0.2) is 42.9 Å². The molecule has 1 N–H and O–H groups in total. The molecule has 0 amide bonds. The maximum atomic E-state index is 13.5. The average Bonchev–Trinajstić information content (AvgIpc) is 3.46. The van der Waals surface area contributed by atoms with Crippen molar-refractivity contribution < 1.29 is 8.78 Å². The second-order valence-corrected chi connectivity index (χ2v) is 8.60. The SMILES string of the molecule is Cn1cc(-c2ccnc(N3CCC(NC4CCN(c5ccc(F)c(F)c5)CC4)C3)n2)cn1. The molecule has 32 heavy (non-hydrogen) atoms. The summed E-state index contributed by atoms with van der Waals surface area (Å²) in [5, 5.41) is 8.01. The van der Waals surface area contributed by atoms with E-state index in [-0.39, 0.29) is 0 Å². The zero-order valence-electron chi connectivity index (χ0n) is 18.1. The number of hydrogen-bond donors (Lipinski definition) is 1. The second kappa shape index (κ2) is 8.82. The standard InChI is InChI=1S/C23H27F2N7/c1-30-14-16(13-27-30)22-4-8-26-23(29-22)32-11-7-18(15-32)28-17-5-9-31(10-6-17)19-2-3-20(24)21(25)12-19/h2-4,8,12-14,17-18,28H,5-7,9-11,15H2,1H3. The number of anilines is 2. The van der Waals surface area contributed by atoms with Crippen molar-refractivity contribution in [2.24, 2.45) is 7.05 Å². The van der Waals surface area contributed by atoms with Crippen LogP contribution in [0.25, 0.3) is 11.3 Å². The van der Waals surface area contributed by atoms with Gasteiger partial charge in [-0.1, -0.05) is 0 Å². The molecule has 1 aromatic carbocycles. The van der Waals surface area contributed by atoms with Gasteiger partial charge in [-0.15, -0.1) is 0 Å². The maximum Gasteiger partial charge on any atom is 0.225 e. The van der Waals surface area contributed by atoms with Gasteiger partial charge in [0.2, 0.25) is 5.95 Å². The second-order valence-electron chi connectivity index (χ2n) is 8.60. The fourth-order valence-corrected chi connectivity index (χ4v) is 4.61. The summed E-state index contributed by atoms with van der Waals surface area (Å²) < 4.78 is 28.5. The zero-order chi connectivity index (χ0) is 22.1. The van der Waals surface area contributed by atoms with E-state index in [1.165, 1.54) is 12.1 Å². The number of nitrogens with one attached hydrogen (secondary N) is 1. The summed E-state index contributed by atoms with van der Waals surface area (Å²) in [4.78, 5) is 13.6. The summed E-state index contributed by atoms with van der Waals surface area (Å²) in [6.07, 6.45) is 8.56. The van der Waals surface area contributed by atoms with Gasteiger partial charge < -0.3 is 15.1 Å². The number of aryl methyl sites for hydroxylation is 1. The summed E-state index contributed by atoms with van der Waals surface area (Å²) in [5.74, 6) is -0.835. The molecule has 2 aliphatic rings. The van der Waals surface area contributed by atoms with Crippen molar-refractivity contribution in [3.8, 4) is 11.3 Å². The lowest BCUT2D eigenvalue weighted by molar-refractivity contribution is 0.376. The van der Waals surface area contributed by atoms with Gasteiger partial charge in [-0.3, -0.25) is 4.68 Å². The maximum absolute atomic E-state index is 13.5. The van der Waals surface area contributed by atoms with Gasteiger partial charge >= 0.3 is 0 Å². The number of nitrogens with zero attached hydrogens (tertiary/aromatic N) is 6. The quantitative estimate of drug-likeness (QED) is 0.660. The van der Waals surface area contributed by atoms with E-state index in [1.54, 1.807) is 16.9 Å². The third-order valence-electron chi connectivity index (χ3n) is 6.35. The van der Waals surface area contributed by atoms with Crippen molar-refractivity contribution in [1.29, 1.82) is 0 Å². The molecule has 0 saturated carbocycles. The van der Waals surface area contributed by atoms with Gasteiger partial charge in [-0.2, -0.15) is 5.10 Å². The molecule has 2 fully saturated rings. The van der Waals surface area contributed by atoms with Gasteiger partial charge in [0.1, 0.15) is 0 Å². The first-order valence-electron chi connectivity index (χ1n) is 11.1. The lowest BCUT2D eigenvalue weighted by atomic mass is 10.0. The predicted octanol–water partition coefficient (Wildman–Crippen LogP) is 2.99. The Balaban J connectivity index is 1.15. The molecule has 0 spiro atoms.